The van der Waals surface area contributed by atoms with Crippen LogP contribution in [0.5, 0.6) is 0 Å². The molecule has 0 fully saturated rings. The topological polar surface area (TPSA) is 38.5 Å². The summed E-state index contributed by atoms with van der Waals surface area (Å²) >= 11 is 0. The summed E-state index contributed by atoms with van der Waals surface area (Å²) in [5.74, 6) is 0.709. The van der Waals surface area contributed by atoms with Crippen LogP contribution in [0.25, 0.3) is 0 Å². The van der Waals surface area contributed by atoms with Gasteiger partial charge in [0.25, 0.3) is 0 Å². The standard InChI is InChI=1S/C17H30N2O/c1-15(2)9-13-20-14-12-19(11-4-10-18)17-7-5-16(3)6-8-17/h5-8,15H,4,9-14,18H2,1-3H3. The van der Waals surface area contributed by atoms with Crippen LogP contribution in [0.3, 0.4) is 0 Å². The van der Waals surface area contributed by atoms with E-state index in [4.69, 9.17) is 10.5 Å². The number of rotatable bonds is 10. The van der Waals surface area contributed by atoms with Crippen LogP contribution in [0.15, 0.2) is 24.3 Å². The zero-order chi connectivity index (χ0) is 14.8. The Balaban J connectivity index is 2.41. The van der Waals surface area contributed by atoms with Gasteiger partial charge in [-0.2, -0.15) is 0 Å². The van der Waals surface area contributed by atoms with Crippen LogP contribution in [0.2, 0.25) is 0 Å². The zero-order valence-electron chi connectivity index (χ0n) is 13.3. The summed E-state index contributed by atoms with van der Waals surface area (Å²) in [5, 5.41) is 0. The lowest BCUT2D eigenvalue weighted by Gasteiger charge is -2.25. The van der Waals surface area contributed by atoms with Crippen molar-refractivity contribution in [2.75, 3.05) is 37.7 Å². The van der Waals surface area contributed by atoms with Gasteiger partial charge in [0.05, 0.1) is 6.61 Å². The van der Waals surface area contributed by atoms with E-state index < -0.39 is 0 Å². The first kappa shape index (κ1) is 17.0. The molecule has 0 unspecified atom stereocenters. The molecule has 0 heterocycles. The van der Waals surface area contributed by atoms with Gasteiger partial charge in [-0.05, 0) is 44.4 Å². The fourth-order valence-corrected chi connectivity index (χ4v) is 2.00. The molecule has 3 nitrogen and oxygen atoms in total. The zero-order valence-corrected chi connectivity index (χ0v) is 13.3. The quantitative estimate of drug-likeness (QED) is 0.668. The van der Waals surface area contributed by atoms with Crippen LogP contribution in [-0.4, -0.2) is 32.8 Å². The molecule has 0 amide bonds. The Hall–Kier alpha value is -1.06. The van der Waals surface area contributed by atoms with Crippen LogP contribution in [0, 0.1) is 12.8 Å². The summed E-state index contributed by atoms with van der Waals surface area (Å²) in [6.45, 7) is 10.9. The molecule has 0 saturated heterocycles. The molecule has 20 heavy (non-hydrogen) atoms. The third kappa shape index (κ3) is 6.92. The monoisotopic (exact) mass is 278 g/mol. The number of hydrogen-bond donors (Lipinski definition) is 1. The van der Waals surface area contributed by atoms with E-state index in [-0.39, 0.29) is 0 Å². The maximum atomic E-state index is 5.73. The first-order valence-electron chi connectivity index (χ1n) is 7.73. The lowest BCUT2D eigenvalue weighted by molar-refractivity contribution is 0.129. The average Bonchev–Trinajstić information content (AvgIpc) is 2.42. The molecule has 0 atom stereocenters. The van der Waals surface area contributed by atoms with E-state index in [0.29, 0.717) is 5.92 Å². The highest BCUT2D eigenvalue weighted by Gasteiger charge is 2.06. The molecule has 1 aromatic carbocycles. The smallest absolute Gasteiger partial charge is 0.0641 e. The summed E-state index contributed by atoms with van der Waals surface area (Å²) in [6.07, 6.45) is 2.15. The second-order valence-electron chi connectivity index (χ2n) is 5.76. The molecular weight excluding hydrogens is 248 g/mol. The molecule has 0 aromatic heterocycles. The van der Waals surface area contributed by atoms with E-state index in [1.54, 1.807) is 0 Å². The predicted octanol–water partition coefficient (Wildman–Crippen LogP) is 3.21. The third-order valence-electron chi connectivity index (χ3n) is 3.38. The van der Waals surface area contributed by atoms with Crippen molar-refractivity contribution in [2.45, 2.75) is 33.6 Å². The number of ether oxygens (including phenoxy) is 1. The highest BCUT2D eigenvalue weighted by atomic mass is 16.5. The van der Waals surface area contributed by atoms with E-state index in [0.717, 1.165) is 45.7 Å². The molecule has 3 heteroatoms. The molecule has 1 aromatic rings. The van der Waals surface area contributed by atoms with Crippen LogP contribution in [0.4, 0.5) is 5.69 Å². The maximum Gasteiger partial charge on any atom is 0.0641 e. The average molecular weight is 278 g/mol. The Labute approximate surface area is 124 Å². The Morgan fingerprint density at radius 1 is 1.10 bits per heavy atom. The number of nitrogens with two attached hydrogens (primary N) is 1. The number of anilines is 1. The Bertz CT molecular complexity index is 349. The fraction of sp³-hybridized carbons (Fsp3) is 0.647. The highest BCUT2D eigenvalue weighted by Crippen LogP contribution is 2.15. The largest absolute Gasteiger partial charge is 0.380 e. The third-order valence-corrected chi connectivity index (χ3v) is 3.38. The molecule has 2 N–H and O–H groups in total. The minimum Gasteiger partial charge on any atom is -0.380 e. The summed E-state index contributed by atoms with van der Waals surface area (Å²) in [6, 6.07) is 8.68. The van der Waals surface area contributed by atoms with Crippen molar-refractivity contribution in [2.24, 2.45) is 11.7 Å². The molecular formula is C17H30N2O. The lowest BCUT2D eigenvalue weighted by atomic mass is 10.1. The van der Waals surface area contributed by atoms with Crippen molar-refractivity contribution in [3.63, 3.8) is 0 Å². The minimum absolute atomic E-state index is 0.709. The molecule has 0 aliphatic rings. The molecule has 0 saturated carbocycles. The molecule has 0 bridgehead atoms. The predicted molar refractivity (Wildman–Crippen MR) is 87.3 cm³/mol. The minimum atomic E-state index is 0.709. The van der Waals surface area contributed by atoms with Crippen molar-refractivity contribution >= 4 is 5.69 Å². The van der Waals surface area contributed by atoms with Gasteiger partial charge in [0.15, 0.2) is 0 Å². The molecule has 0 radical (unpaired) electrons. The molecule has 0 aliphatic carbocycles. The van der Waals surface area contributed by atoms with Crippen LogP contribution < -0.4 is 10.6 Å². The van der Waals surface area contributed by atoms with E-state index in [2.05, 4.69) is 49.9 Å². The second kappa shape index (κ2) is 9.78. The van der Waals surface area contributed by atoms with Gasteiger partial charge in [-0.15, -0.1) is 0 Å². The van der Waals surface area contributed by atoms with E-state index in [1.807, 2.05) is 0 Å². The van der Waals surface area contributed by atoms with Gasteiger partial charge in [0.1, 0.15) is 0 Å². The SMILES string of the molecule is Cc1ccc(N(CCCN)CCOCCC(C)C)cc1. The number of benzene rings is 1. The Morgan fingerprint density at radius 2 is 1.80 bits per heavy atom. The molecule has 0 aliphatic heterocycles. The van der Waals surface area contributed by atoms with Crippen molar-refractivity contribution < 1.29 is 4.74 Å². The van der Waals surface area contributed by atoms with Crippen molar-refractivity contribution in [3.05, 3.63) is 29.8 Å². The molecule has 0 spiro atoms. The van der Waals surface area contributed by atoms with E-state index >= 15 is 0 Å². The van der Waals surface area contributed by atoms with Crippen LogP contribution in [0.1, 0.15) is 32.3 Å². The first-order chi connectivity index (χ1) is 9.63. The fourth-order valence-electron chi connectivity index (χ4n) is 2.00. The number of hydrogen-bond acceptors (Lipinski definition) is 3. The Kier molecular flexibility index (Phi) is 8.31. The second-order valence-corrected chi connectivity index (χ2v) is 5.76. The Morgan fingerprint density at radius 3 is 2.40 bits per heavy atom. The van der Waals surface area contributed by atoms with Gasteiger partial charge in [-0.1, -0.05) is 31.5 Å². The summed E-state index contributed by atoms with van der Waals surface area (Å²) < 4.78 is 5.73. The van der Waals surface area contributed by atoms with Gasteiger partial charge in [0, 0.05) is 25.4 Å². The summed E-state index contributed by atoms with van der Waals surface area (Å²) in [4.78, 5) is 2.36. The van der Waals surface area contributed by atoms with Gasteiger partial charge in [0.2, 0.25) is 0 Å². The van der Waals surface area contributed by atoms with Crippen molar-refractivity contribution in [1.82, 2.24) is 0 Å². The lowest BCUT2D eigenvalue weighted by Crippen LogP contribution is -2.30. The summed E-state index contributed by atoms with van der Waals surface area (Å²) in [5.41, 5.74) is 8.18. The van der Waals surface area contributed by atoms with Gasteiger partial charge in [-0.25, -0.2) is 0 Å². The van der Waals surface area contributed by atoms with Crippen molar-refractivity contribution in [3.8, 4) is 0 Å². The van der Waals surface area contributed by atoms with Gasteiger partial charge >= 0.3 is 0 Å². The normalized spacial score (nSPS) is 11.1. The van der Waals surface area contributed by atoms with Gasteiger partial charge < -0.3 is 15.4 Å². The van der Waals surface area contributed by atoms with E-state index in [9.17, 15) is 0 Å². The van der Waals surface area contributed by atoms with E-state index in [1.165, 1.54) is 11.3 Å². The van der Waals surface area contributed by atoms with Crippen molar-refractivity contribution in [1.29, 1.82) is 0 Å². The maximum absolute atomic E-state index is 5.73. The van der Waals surface area contributed by atoms with Crippen LogP contribution in [-0.2, 0) is 4.74 Å². The summed E-state index contributed by atoms with van der Waals surface area (Å²) in [7, 11) is 0. The number of aryl methyl sites for hydroxylation is 1. The highest BCUT2D eigenvalue weighted by molar-refractivity contribution is 5.47. The molecule has 1 rings (SSSR count). The van der Waals surface area contributed by atoms with Gasteiger partial charge in [-0.3, -0.25) is 0 Å². The first-order valence-corrected chi connectivity index (χ1v) is 7.73. The molecule has 114 valence electrons. The number of nitrogens with zero attached hydrogens (tertiary/aromatic N) is 1. The van der Waals surface area contributed by atoms with Crippen LogP contribution >= 0.6 is 0 Å².